The second kappa shape index (κ2) is 5.13. The summed E-state index contributed by atoms with van der Waals surface area (Å²) in [6, 6.07) is 2.60. The zero-order valence-electron chi connectivity index (χ0n) is 8.30. The molecule has 2 atom stereocenters. The molecule has 0 radical (unpaired) electrons. The van der Waals surface area contributed by atoms with Crippen LogP contribution in [0.5, 0.6) is 0 Å². The van der Waals surface area contributed by atoms with Crippen molar-refractivity contribution in [2.24, 2.45) is 5.92 Å². The summed E-state index contributed by atoms with van der Waals surface area (Å²) in [6.07, 6.45) is 1.20. The van der Waals surface area contributed by atoms with Crippen molar-refractivity contribution >= 4 is 27.3 Å². The van der Waals surface area contributed by atoms with Crippen molar-refractivity contribution in [3.63, 3.8) is 0 Å². The third-order valence-corrected chi connectivity index (χ3v) is 4.41. The maximum atomic E-state index is 3.58. The minimum Gasteiger partial charge on any atom is -0.312 e. The Morgan fingerprint density at radius 1 is 1.62 bits per heavy atom. The van der Waals surface area contributed by atoms with Crippen LogP contribution in [-0.4, -0.2) is 7.05 Å². The first kappa shape index (κ1) is 11.2. The number of hydrogen-bond donors (Lipinski definition) is 1. The molecule has 0 bridgehead atoms. The van der Waals surface area contributed by atoms with E-state index in [-0.39, 0.29) is 0 Å². The zero-order valence-corrected chi connectivity index (χ0v) is 10.7. The van der Waals surface area contributed by atoms with Crippen molar-refractivity contribution in [2.75, 3.05) is 7.05 Å². The number of rotatable bonds is 4. The molecule has 0 aliphatic heterocycles. The van der Waals surface area contributed by atoms with Crippen LogP contribution in [0.15, 0.2) is 15.9 Å². The Labute approximate surface area is 92.7 Å². The van der Waals surface area contributed by atoms with Gasteiger partial charge in [-0.05, 0) is 40.3 Å². The third-order valence-electron chi connectivity index (χ3n) is 2.45. The Hall–Kier alpha value is 0.140. The van der Waals surface area contributed by atoms with Crippen molar-refractivity contribution in [3.05, 3.63) is 20.8 Å². The van der Waals surface area contributed by atoms with E-state index in [9.17, 15) is 0 Å². The van der Waals surface area contributed by atoms with Crippen molar-refractivity contribution in [1.29, 1.82) is 0 Å². The van der Waals surface area contributed by atoms with E-state index in [1.807, 2.05) is 18.4 Å². The van der Waals surface area contributed by atoms with E-state index in [1.165, 1.54) is 15.8 Å². The summed E-state index contributed by atoms with van der Waals surface area (Å²) < 4.78 is 1.23. The average molecular weight is 262 g/mol. The monoisotopic (exact) mass is 261 g/mol. The van der Waals surface area contributed by atoms with Gasteiger partial charge in [0.1, 0.15) is 0 Å². The predicted molar refractivity (Wildman–Crippen MR) is 63.3 cm³/mol. The molecule has 0 saturated heterocycles. The first-order valence-electron chi connectivity index (χ1n) is 4.60. The van der Waals surface area contributed by atoms with Crippen LogP contribution in [0, 0.1) is 5.92 Å². The van der Waals surface area contributed by atoms with Crippen molar-refractivity contribution in [1.82, 2.24) is 5.32 Å². The van der Waals surface area contributed by atoms with E-state index in [0.29, 0.717) is 12.0 Å². The Morgan fingerprint density at radius 2 is 2.31 bits per heavy atom. The van der Waals surface area contributed by atoms with Crippen LogP contribution in [0.3, 0.4) is 0 Å². The van der Waals surface area contributed by atoms with Gasteiger partial charge in [-0.2, -0.15) is 0 Å². The van der Waals surface area contributed by atoms with E-state index in [1.54, 1.807) is 0 Å². The van der Waals surface area contributed by atoms with E-state index in [0.717, 1.165) is 0 Å². The molecule has 1 heterocycles. The first-order valence-corrected chi connectivity index (χ1v) is 6.28. The van der Waals surface area contributed by atoms with Crippen molar-refractivity contribution in [3.8, 4) is 0 Å². The molecule has 0 amide bonds. The van der Waals surface area contributed by atoms with Crippen LogP contribution in [0.25, 0.3) is 0 Å². The molecule has 1 aromatic heterocycles. The molecule has 0 fully saturated rings. The highest BCUT2D eigenvalue weighted by Crippen LogP contribution is 2.33. The van der Waals surface area contributed by atoms with Gasteiger partial charge in [-0.3, -0.25) is 0 Å². The number of thiophene rings is 1. The summed E-state index contributed by atoms with van der Waals surface area (Å²) in [6.45, 7) is 4.52. The van der Waals surface area contributed by atoms with Crippen LogP contribution in [0.4, 0.5) is 0 Å². The second-order valence-corrected chi connectivity index (χ2v) is 5.09. The van der Waals surface area contributed by atoms with Crippen LogP contribution >= 0.6 is 27.3 Å². The number of nitrogens with one attached hydrogen (secondary N) is 1. The van der Waals surface area contributed by atoms with Crippen LogP contribution in [-0.2, 0) is 0 Å². The molecule has 0 aromatic carbocycles. The quantitative estimate of drug-likeness (QED) is 0.869. The van der Waals surface area contributed by atoms with E-state index < -0.39 is 0 Å². The predicted octanol–water partition coefficient (Wildman–Crippen LogP) is 3.82. The topological polar surface area (TPSA) is 12.0 Å². The van der Waals surface area contributed by atoms with Crippen molar-refractivity contribution in [2.45, 2.75) is 26.3 Å². The maximum absolute atomic E-state index is 3.58. The molecule has 1 aromatic rings. The van der Waals surface area contributed by atoms with Gasteiger partial charge in [0.25, 0.3) is 0 Å². The lowest BCUT2D eigenvalue weighted by molar-refractivity contribution is 0.405. The largest absolute Gasteiger partial charge is 0.312 e. The summed E-state index contributed by atoms with van der Waals surface area (Å²) in [4.78, 5) is 1.41. The molecule has 1 N–H and O–H groups in total. The highest BCUT2D eigenvalue weighted by atomic mass is 79.9. The summed E-state index contributed by atoms with van der Waals surface area (Å²) in [7, 11) is 2.03. The highest BCUT2D eigenvalue weighted by Gasteiger charge is 2.19. The van der Waals surface area contributed by atoms with Gasteiger partial charge in [-0.25, -0.2) is 0 Å². The van der Waals surface area contributed by atoms with Crippen LogP contribution < -0.4 is 5.32 Å². The summed E-state index contributed by atoms with van der Waals surface area (Å²) in [5.41, 5.74) is 0. The minimum absolute atomic E-state index is 0.486. The summed E-state index contributed by atoms with van der Waals surface area (Å²) in [5.74, 6) is 0.681. The molecule has 1 rings (SSSR count). The van der Waals surface area contributed by atoms with Gasteiger partial charge >= 0.3 is 0 Å². The molecule has 1 nitrogen and oxygen atoms in total. The lowest BCUT2D eigenvalue weighted by Crippen LogP contribution is -2.22. The molecule has 0 aliphatic rings. The standard InChI is InChI=1S/C10H16BrNS/c1-4-7(2)9(12-3)10-8(11)5-6-13-10/h5-7,9,12H,4H2,1-3H3. The molecular formula is C10H16BrNS. The Bertz CT molecular complexity index is 259. The lowest BCUT2D eigenvalue weighted by Gasteiger charge is -2.21. The third kappa shape index (κ3) is 2.55. The Kier molecular flexibility index (Phi) is 4.42. The first-order chi connectivity index (χ1) is 6.20. The SMILES string of the molecule is CCC(C)C(NC)c1sccc1Br. The number of halogens is 1. The van der Waals surface area contributed by atoms with Gasteiger partial charge in [0, 0.05) is 15.4 Å². The van der Waals surface area contributed by atoms with Gasteiger partial charge in [-0.15, -0.1) is 11.3 Å². The molecule has 2 unspecified atom stereocenters. The normalized spacial score (nSPS) is 15.7. The second-order valence-electron chi connectivity index (χ2n) is 3.28. The smallest absolute Gasteiger partial charge is 0.0449 e. The molecule has 74 valence electrons. The maximum Gasteiger partial charge on any atom is 0.0449 e. The average Bonchev–Trinajstić information content (AvgIpc) is 2.53. The molecule has 3 heteroatoms. The van der Waals surface area contributed by atoms with Crippen LogP contribution in [0.1, 0.15) is 31.2 Å². The molecule has 13 heavy (non-hydrogen) atoms. The van der Waals surface area contributed by atoms with Gasteiger partial charge in [0.2, 0.25) is 0 Å². The molecule has 0 saturated carbocycles. The Balaban J connectivity index is 2.84. The summed E-state index contributed by atoms with van der Waals surface area (Å²) in [5, 5.41) is 5.51. The van der Waals surface area contributed by atoms with Gasteiger partial charge in [0.15, 0.2) is 0 Å². The molecular weight excluding hydrogens is 246 g/mol. The zero-order chi connectivity index (χ0) is 9.84. The Morgan fingerprint density at radius 3 is 2.69 bits per heavy atom. The van der Waals surface area contributed by atoms with E-state index in [2.05, 4.69) is 46.5 Å². The van der Waals surface area contributed by atoms with Crippen molar-refractivity contribution < 1.29 is 0 Å². The fourth-order valence-corrected chi connectivity index (χ4v) is 3.30. The van der Waals surface area contributed by atoms with E-state index in [4.69, 9.17) is 0 Å². The highest BCUT2D eigenvalue weighted by molar-refractivity contribution is 9.10. The van der Waals surface area contributed by atoms with Gasteiger partial charge in [0.05, 0.1) is 0 Å². The molecule has 0 aliphatic carbocycles. The van der Waals surface area contributed by atoms with E-state index >= 15 is 0 Å². The van der Waals surface area contributed by atoms with Gasteiger partial charge < -0.3 is 5.32 Å². The lowest BCUT2D eigenvalue weighted by atomic mass is 9.98. The molecule has 0 spiro atoms. The number of hydrogen-bond acceptors (Lipinski definition) is 2. The fraction of sp³-hybridized carbons (Fsp3) is 0.600. The minimum atomic E-state index is 0.486. The fourth-order valence-electron chi connectivity index (χ4n) is 1.44. The summed E-state index contributed by atoms with van der Waals surface area (Å²) >= 11 is 5.39. The van der Waals surface area contributed by atoms with Gasteiger partial charge in [-0.1, -0.05) is 20.3 Å². The van der Waals surface area contributed by atoms with Crippen LogP contribution in [0.2, 0.25) is 0 Å².